The minimum atomic E-state index is -0.170. The first-order valence-corrected chi connectivity index (χ1v) is 3.52. The van der Waals surface area contributed by atoms with Gasteiger partial charge >= 0.3 is 5.97 Å². The maximum absolute atomic E-state index is 10.4. The maximum Gasteiger partial charge on any atom is 0.302 e. The zero-order chi connectivity index (χ0) is 7.56. The Morgan fingerprint density at radius 1 is 1.90 bits per heavy atom. The molecule has 2 atom stereocenters. The van der Waals surface area contributed by atoms with Gasteiger partial charge in [0.1, 0.15) is 6.10 Å². The highest BCUT2D eigenvalue weighted by Gasteiger charge is 2.38. The van der Waals surface area contributed by atoms with Crippen LogP contribution in [0.25, 0.3) is 0 Å². The van der Waals surface area contributed by atoms with Crippen LogP contribution in [0.4, 0.5) is 0 Å². The van der Waals surface area contributed by atoms with Gasteiger partial charge in [0.2, 0.25) is 0 Å². The van der Waals surface area contributed by atoms with Crippen molar-refractivity contribution < 1.29 is 9.53 Å². The van der Waals surface area contributed by atoms with Gasteiger partial charge in [-0.2, -0.15) is 0 Å². The maximum atomic E-state index is 10.4. The molecule has 0 aromatic carbocycles. The van der Waals surface area contributed by atoms with Crippen LogP contribution >= 0.6 is 0 Å². The van der Waals surface area contributed by atoms with Crippen molar-refractivity contribution in [2.24, 2.45) is 5.92 Å². The van der Waals surface area contributed by atoms with Crippen LogP contribution in [-0.4, -0.2) is 12.1 Å². The highest BCUT2D eigenvalue weighted by molar-refractivity contribution is 5.66. The normalized spacial score (nSPS) is 29.3. The van der Waals surface area contributed by atoms with Gasteiger partial charge in [-0.25, -0.2) is 0 Å². The lowest BCUT2D eigenvalue weighted by Crippen LogP contribution is -2.02. The molecule has 0 aromatic heterocycles. The second-order valence-corrected chi connectivity index (χ2v) is 2.67. The van der Waals surface area contributed by atoms with Crippen molar-refractivity contribution in [1.29, 1.82) is 0 Å². The first-order valence-electron chi connectivity index (χ1n) is 3.52. The Bertz CT molecular complexity index is 151. The summed E-state index contributed by atoms with van der Waals surface area (Å²) in [5, 5.41) is 0. The minimum Gasteiger partial charge on any atom is -0.462 e. The third-order valence-electron chi connectivity index (χ3n) is 1.64. The number of carbonyl (C=O) groups excluding carboxylic acids is 1. The zero-order valence-corrected chi connectivity index (χ0v) is 6.17. The fourth-order valence-corrected chi connectivity index (χ4v) is 1.04. The molecular formula is C8H12O2. The minimum absolute atomic E-state index is 0.170. The number of carbonyl (C=O) groups is 1. The highest BCUT2D eigenvalue weighted by atomic mass is 16.5. The molecule has 10 heavy (non-hydrogen) atoms. The lowest BCUT2D eigenvalue weighted by atomic mass is 10.3. The van der Waals surface area contributed by atoms with Crippen molar-refractivity contribution in [3.63, 3.8) is 0 Å². The van der Waals surface area contributed by atoms with Gasteiger partial charge in [0.15, 0.2) is 0 Å². The summed E-state index contributed by atoms with van der Waals surface area (Å²) in [4.78, 5) is 10.4. The van der Waals surface area contributed by atoms with Crippen molar-refractivity contribution in [1.82, 2.24) is 0 Å². The first kappa shape index (κ1) is 7.32. The molecule has 56 valence electrons. The molecule has 0 saturated heterocycles. The SMILES string of the molecule is C=CCC1CC1OC(C)=O. The number of rotatable bonds is 3. The largest absolute Gasteiger partial charge is 0.462 e. The van der Waals surface area contributed by atoms with Crippen molar-refractivity contribution in [3.05, 3.63) is 12.7 Å². The molecule has 1 aliphatic rings. The lowest BCUT2D eigenvalue weighted by molar-refractivity contribution is -0.142. The van der Waals surface area contributed by atoms with Gasteiger partial charge in [0.05, 0.1) is 0 Å². The van der Waals surface area contributed by atoms with E-state index in [1.54, 1.807) is 0 Å². The second kappa shape index (κ2) is 2.86. The van der Waals surface area contributed by atoms with Crippen LogP contribution in [0.1, 0.15) is 19.8 Å². The van der Waals surface area contributed by atoms with E-state index in [9.17, 15) is 4.79 Å². The lowest BCUT2D eigenvalue weighted by Gasteiger charge is -1.96. The number of hydrogen-bond acceptors (Lipinski definition) is 2. The number of esters is 1. The van der Waals surface area contributed by atoms with Gasteiger partial charge < -0.3 is 4.74 Å². The van der Waals surface area contributed by atoms with Crippen LogP contribution in [0.2, 0.25) is 0 Å². The van der Waals surface area contributed by atoms with Gasteiger partial charge in [0.25, 0.3) is 0 Å². The molecule has 0 heterocycles. The Morgan fingerprint density at radius 3 is 3.10 bits per heavy atom. The van der Waals surface area contributed by atoms with Crippen LogP contribution in [0.5, 0.6) is 0 Å². The monoisotopic (exact) mass is 140 g/mol. The van der Waals surface area contributed by atoms with Gasteiger partial charge in [-0.15, -0.1) is 6.58 Å². The van der Waals surface area contributed by atoms with E-state index in [2.05, 4.69) is 6.58 Å². The summed E-state index contributed by atoms with van der Waals surface area (Å²) in [5.74, 6) is 0.387. The van der Waals surface area contributed by atoms with E-state index < -0.39 is 0 Å². The summed E-state index contributed by atoms with van der Waals surface area (Å²) < 4.78 is 4.94. The molecule has 0 spiro atoms. The van der Waals surface area contributed by atoms with Gasteiger partial charge in [-0.3, -0.25) is 4.79 Å². The Balaban J connectivity index is 2.13. The van der Waals surface area contributed by atoms with E-state index >= 15 is 0 Å². The Hall–Kier alpha value is -0.790. The molecule has 0 aliphatic heterocycles. The van der Waals surface area contributed by atoms with E-state index in [0.29, 0.717) is 5.92 Å². The molecule has 1 fully saturated rings. The summed E-state index contributed by atoms with van der Waals surface area (Å²) in [6, 6.07) is 0. The number of ether oxygens (including phenoxy) is 1. The second-order valence-electron chi connectivity index (χ2n) is 2.67. The molecule has 1 rings (SSSR count). The highest BCUT2D eigenvalue weighted by Crippen LogP contribution is 2.36. The molecule has 1 saturated carbocycles. The first-order chi connectivity index (χ1) is 4.74. The third kappa shape index (κ3) is 1.87. The van der Waals surface area contributed by atoms with Crippen molar-refractivity contribution >= 4 is 5.97 Å². The average molecular weight is 140 g/mol. The molecule has 0 aromatic rings. The Labute approximate surface area is 60.9 Å². The van der Waals surface area contributed by atoms with Gasteiger partial charge in [0, 0.05) is 12.8 Å². The number of allylic oxidation sites excluding steroid dienone is 1. The van der Waals surface area contributed by atoms with E-state index in [-0.39, 0.29) is 12.1 Å². The van der Waals surface area contributed by atoms with Crippen molar-refractivity contribution in [2.75, 3.05) is 0 Å². The molecular weight excluding hydrogens is 128 g/mol. The zero-order valence-electron chi connectivity index (χ0n) is 6.17. The van der Waals surface area contributed by atoms with E-state index in [1.807, 2.05) is 6.08 Å². The molecule has 1 aliphatic carbocycles. The summed E-state index contributed by atoms with van der Waals surface area (Å²) >= 11 is 0. The van der Waals surface area contributed by atoms with Crippen LogP contribution < -0.4 is 0 Å². The van der Waals surface area contributed by atoms with Crippen molar-refractivity contribution in [3.8, 4) is 0 Å². The van der Waals surface area contributed by atoms with Crippen LogP contribution in [0.15, 0.2) is 12.7 Å². The fraction of sp³-hybridized carbons (Fsp3) is 0.625. The standard InChI is InChI=1S/C8H12O2/c1-3-4-7-5-8(7)10-6(2)9/h3,7-8H,1,4-5H2,2H3. The molecule has 0 amide bonds. The van der Waals surface area contributed by atoms with E-state index in [0.717, 1.165) is 12.8 Å². The smallest absolute Gasteiger partial charge is 0.302 e. The van der Waals surface area contributed by atoms with Gasteiger partial charge in [-0.05, 0) is 12.8 Å². The summed E-state index contributed by atoms with van der Waals surface area (Å²) in [7, 11) is 0. The van der Waals surface area contributed by atoms with Crippen LogP contribution in [0.3, 0.4) is 0 Å². The van der Waals surface area contributed by atoms with Gasteiger partial charge in [-0.1, -0.05) is 6.08 Å². The Morgan fingerprint density at radius 2 is 2.60 bits per heavy atom. The molecule has 2 nitrogen and oxygen atoms in total. The Kier molecular flexibility index (Phi) is 2.10. The molecule has 0 radical (unpaired) electrons. The van der Waals surface area contributed by atoms with E-state index in [4.69, 9.17) is 4.74 Å². The van der Waals surface area contributed by atoms with Crippen LogP contribution in [-0.2, 0) is 9.53 Å². The summed E-state index contributed by atoms with van der Waals surface area (Å²) in [6.45, 7) is 5.06. The molecule has 2 unspecified atom stereocenters. The fourth-order valence-electron chi connectivity index (χ4n) is 1.04. The topological polar surface area (TPSA) is 26.3 Å². The van der Waals surface area contributed by atoms with Crippen molar-refractivity contribution in [2.45, 2.75) is 25.9 Å². The average Bonchev–Trinajstić information content (AvgIpc) is 2.47. The third-order valence-corrected chi connectivity index (χ3v) is 1.64. The number of hydrogen-bond donors (Lipinski definition) is 0. The molecule has 2 heteroatoms. The van der Waals surface area contributed by atoms with Crippen LogP contribution in [0, 0.1) is 5.92 Å². The predicted octanol–water partition coefficient (Wildman–Crippen LogP) is 1.51. The molecule has 0 bridgehead atoms. The predicted molar refractivity (Wildman–Crippen MR) is 38.5 cm³/mol. The molecule has 0 N–H and O–H groups in total. The summed E-state index contributed by atoms with van der Waals surface area (Å²) in [5.41, 5.74) is 0. The van der Waals surface area contributed by atoms with E-state index in [1.165, 1.54) is 6.92 Å². The summed E-state index contributed by atoms with van der Waals surface area (Å²) in [6.07, 6.45) is 4.05. The quantitative estimate of drug-likeness (QED) is 0.439.